The molecule has 2 rings (SSSR count). The van der Waals surface area contributed by atoms with Crippen LogP contribution in [0.2, 0.25) is 0 Å². The van der Waals surface area contributed by atoms with E-state index in [0.29, 0.717) is 18.8 Å². The van der Waals surface area contributed by atoms with Crippen LogP contribution in [-0.4, -0.2) is 9.55 Å². The van der Waals surface area contributed by atoms with Gasteiger partial charge in [-0.1, -0.05) is 12.1 Å². The van der Waals surface area contributed by atoms with Crippen molar-refractivity contribution in [2.75, 3.05) is 5.73 Å². The summed E-state index contributed by atoms with van der Waals surface area (Å²) >= 11 is 0. The van der Waals surface area contributed by atoms with Gasteiger partial charge in [0.15, 0.2) is 0 Å². The first-order chi connectivity index (χ1) is 8.70. The van der Waals surface area contributed by atoms with E-state index in [9.17, 15) is 4.79 Å². The van der Waals surface area contributed by atoms with Gasteiger partial charge < -0.3 is 15.0 Å². The average molecular weight is 245 g/mol. The van der Waals surface area contributed by atoms with Crippen LogP contribution in [0, 0.1) is 0 Å². The molecular weight excluding hydrogens is 230 g/mol. The minimum Gasteiger partial charge on any atom is -0.469 e. The molecule has 2 aromatic rings. The number of nitrogen functional groups attached to an aromatic ring is 1. The molecule has 5 nitrogen and oxygen atoms in total. The Morgan fingerprint density at radius 3 is 2.72 bits per heavy atom. The number of aryl methyl sites for hydroxylation is 1. The molecule has 0 bridgehead atoms. The van der Waals surface area contributed by atoms with Crippen molar-refractivity contribution in [2.24, 2.45) is 0 Å². The highest BCUT2D eigenvalue weighted by molar-refractivity contribution is 5.39. The van der Waals surface area contributed by atoms with Gasteiger partial charge in [-0.25, -0.2) is 4.98 Å². The molecule has 18 heavy (non-hydrogen) atoms. The molecule has 1 heterocycles. The van der Waals surface area contributed by atoms with E-state index >= 15 is 0 Å². The number of nitrogens with two attached hydrogens (primary N) is 1. The topological polar surface area (TPSA) is 70.1 Å². The Labute approximate surface area is 105 Å². The first-order valence-corrected chi connectivity index (χ1v) is 5.73. The summed E-state index contributed by atoms with van der Waals surface area (Å²) in [5.74, 6) is 0.121. The molecule has 0 atom stereocenters. The fourth-order valence-corrected chi connectivity index (χ4v) is 1.54. The summed E-state index contributed by atoms with van der Waals surface area (Å²) in [5, 5.41) is 0. The number of ether oxygens (including phenoxy) is 1. The van der Waals surface area contributed by atoms with Crippen LogP contribution in [0.1, 0.15) is 12.5 Å². The van der Waals surface area contributed by atoms with Gasteiger partial charge in [-0.05, 0) is 24.6 Å². The second-order valence-electron chi connectivity index (χ2n) is 3.85. The van der Waals surface area contributed by atoms with Crippen LogP contribution in [0.4, 0.5) is 5.69 Å². The van der Waals surface area contributed by atoms with Gasteiger partial charge in [0.05, 0.1) is 0 Å². The molecule has 1 aromatic carbocycles. The molecule has 0 saturated heterocycles. The van der Waals surface area contributed by atoms with Gasteiger partial charge in [0.1, 0.15) is 6.61 Å². The number of hydrogen-bond acceptors (Lipinski definition) is 4. The molecule has 0 radical (unpaired) electrons. The number of anilines is 1. The SMILES string of the molecule is CCn1ccnc(OCc2ccc(N)cc2)c1=O. The Hall–Kier alpha value is -2.30. The number of hydrogen-bond donors (Lipinski definition) is 1. The van der Waals surface area contributed by atoms with E-state index < -0.39 is 0 Å². The molecule has 0 saturated carbocycles. The molecule has 94 valence electrons. The Bertz CT molecular complexity index is 576. The fraction of sp³-hybridized carbons (Fsp3) is 0.231. The van der Waals surface area contributed by atoms with Crippen molar-refractivity contribution in [3.05, 3.63) is 52.6 Å². The zero-order valence-corrected chi connectivity index (χ0v) is 10.2. The van der Waals surface area contributed by atoms with Crippen molar-refractivity contribution in [1.29, 1.82) is 0 Å². The highest BCUT2D eigenvalue weighted by Crippen LogP contribution is 2.07. The number of aromatic nitrogens is 2. The van der Waals surface area contributed by atoms with Crippen molar-refractivity contribution in [1.82, 2.24) is 9.55 Å². The number of benzene rings is 1. The summed E-state index contributed by atoms with van der Waals surface area (Å²) in [6, 6.07) is 7.30. The van der Waals surface area contributed by atoms with E-state index in [-0.39, 0.29) is 11.4 Å². The van der Waals surface area contributed by atoms with Crippen molar-refractivity contribution < 1.29 is 4.74 Å². The first kappa shape index (κ1) is 12.2. The van der Waals surface area contributed by atoms with Gasteiger partial charge in [-0.2, -0.15) is 0 Å². The molecular formula is C13H15N3O2. The summed E-state index contributed by atoms with van der Waals surface area (Å²) in [6.07, 6.45) is 3.20. The second-order valence-corrected chi connectivity index (χ2v) is 3.85. The van der Waals surface area contributed by atoms with Gasteiger partial charge >= 0.3 is 5.56 Å². The maximum absolute atomic E-state index is 11.8. The molecule has 0 aliphatic carbocycles. The Kier molecular flexibility index (Phi) is 3.62. The van der Waals surface area contributed by atoms with E-state index in [2.05, 4.69) is 4.98 Å². The quantitative estimate of drug-likeness (QED) is 0.827. The summed E-state index contributed by atoms with van der Waals surface area (Å²) in [7, 11) is 0. The summed E-state index contributed by atoms with van der Waals surface area (Å²) in [6.45, 7) is 2.79. The van der Waals surface area contributed by atoms with Crippen molar-refractivity contribution in [3.63, 3.8) is 0 Å². The van der Waals surface area contributed by atoms with Crippen LogP contribution in [-0.2, 0) is 13.2 Å². The number of rotatable bonds is 4. The Morgan fingerprint density at radius 2 is 2.06 bits per heavy atom. The largest absolute Gasteiger partial charge is 0.469 e. The van der Waals surface area contributed by atoms with Crippen LogP contribution in [0.25, 0.3) is 0 Å². The standard InChI is InChI=1S/C13H15N3O2/c1-2-16-8-7-15-12(13(16)17)18-9-10-3-5-11(14)6-4-10/h3-8H,2,9,14H2,1H3. The van der Waals surface area contributed by atoms with Crippen LogP contribution in [0.15, 0.2) is 41.5 Å². The predicted molar refractivity (Wildman–Crippen MR) is 69.4 cm³/mol. The molecule has 0 aliphatic heterocycles. The Morgan fingerprint density at radius 1 is 1.33 bits per heavy atom. The highest BCUT2D eigenvalue weighted by Gasteiger charge is 2.05. The summed E-state index contributed by atoms with van der Waals surface area (Å²) in [4.78, 5) is 15.8. The smallest absolute Gasteiger partial charge is 0.313 e. The zero-order chi connectivity index (χ0) is 13.0. The average Bonchev–Trinajstić information content (AvgIpc) is 2.39. The van der Waals surface area contributed by atoms with Crippen molar-refractivity contribution in [3.8, 4) is 5.88 Å². The second kappa shape index (κ2) is 5.35. The van der Waals surface area contributed by atoms with Gasteiger partial charge in [0.25, 0.3) is 5.88 Å². The lowest BCUT2D eigenvalue weighted by molar-refractivity contribution is 0.286. The van der Waals surface area contributed by atoms with Gasteiger partial charge in [0, 0.05) is 24.6 Å². The van der Waals surface area contributed by atoms with Crippen molar-refractivity contribution >= 4 is 5.69 Å². The lowest BCUT2D eigenvalue weighted by atomic mass is 10.2. The van der Waals surface area contributed by atoms with Crippen LogP contribution >= 0.6 is 0 Å². The maximum Gasteiger partial charge on any atom is 0.313 e. The maximum atomic E-state index is 11.8. The molecule has 0 fully saturated rings. The minimum absolute atomic E-state index is 0.121. The summed E-state index contributed by atoms with van der Waals surface area (Å²) in [5.41, 5.74) is 7.02. The van der Waals surface area contributed by atoms with Gasteiger partial charge in [-0.15, -0.1) is 0 Å². The predicted octanol–water partition coefficient (Wildman–Crippen LogP) is 1.42. The van der Waals surface area contributed by atoms with E-state index in [4.69, 9.17) is 10.5 Å². The number of nitrogens with zero attached hydrogens (tertiary/aromatic N) is 2. The van der Waals surface area contributed by atoms with Crippen molar-refractivity contribution in [2.45, 2.75) is 20.1 Å². The molecule has 0 unspecified atom stereocenters. The van der Waals surface area contributed by atoms with E-state index in [1.54, 1.807) is 29.1 Å². The molecule has 2 N–H and O–H groups in total. The first-order valence-electron chi connectivity index (χ1n) is 5.73. The van der Waals surface area contributed by atoms with E-state index in [0.717, 1.165) is 5.56 Å². The summed E-state index contributed by atoms with van der Waals surface area (Å²) < 4.78 is 6.97. The zero-order valence-electron chi connectivity index (χ0n) is 10.2. The third kappa shape index (κ3) is 2.68. The molecule has 5 heteroatoms. The van der Waals surface area contributed by atoms with Gasteiger partial charge in [-0.3, -0.25) is 4.79 Å². The fourth-order valence-electron chi connectivity index (χ4n) is 1.54. The third-order valence-electron chi connectivity index (χ3n) is 2.58. The van der Waals surface area contributed by atoms with Crippen LogP contribution in [0.5, 0.6) is 5.88 Å². The molecule has 0 spiro atoms. The van der Waals surface area contributed by atoms with Crippen LogP contribution < -0.4 is 16.0 Å². The van der Waals surface area contributed by atoms with Gasteiger partial charge in [0.2, 0.25) is 0 Å². The molecule has 1 aromatic heterocycles. The van der Waals surface area contributed by atoms with E-state index in [1.165, 1.54) is 0 Å². The molecule has 0 aliphatic rings. The monoisotopic (exact) mass is 245 g/mol. The van der Waals surface area contributed by atoms with E-state index in [1.807, 2.05) is 19.1 Å². The molecule has 0 amide bonds. The normalized spacial score (nSPS) is 10.3. The lowest BCUT2D eigenvalue weighted by Crippen LogP contribution is -2.21. The minimum atomic E-state index is -0.213. The lowest BCUT2D eigenvalue weighted by Gasteiger charge is -2.07. The third-order valence-corrected chi connectivity index (χ3v) is 2.58. The highest BCUT2D eigenvalue weighted by atomic mass is 16.5. The Balaban J connectivity index is 2.11. The van der Waals surface area contributed by atoms with Crippen LogP contribution in [0.3, 0.4) is 0 Å².